The third-order valence-electron chi connectivity index (χ3n) is 3.53. The van der Waals surface area contributed by atoms with Gasteiger partial charge in [0.1, 0.15) is 0 Å². The van der Waals surface area contributed by atoms with E-state index in [-0.39, 0.29) is 5.75 Å². The molecule has 1 N–H and O–H groups in total. The van der Waals surface area contributed by atoms with Crippen molar-refractivity contribution in [1.82, 2.24) is 9.62 Å². The SMILES string of the molecule is CN(CCNS(=O)(=O)CCCCCl)C1CCCC1. The first-order valence-electron chi connectivity index (χ1n) is 6.79. The van der Waals surface area contributed by atoms with Crippen molar-refractivity contribution in [3.05, 3.63) is 0 Å². The van der Waals surface area contributed by atoms with Crippen LogP contribution in [0.4, 0.5) is 0 Å². The molecule has 108 valence electrons. The molecule has 18 heavy (non-hydrogen) atoms. The number of sulfonamides is 1. The van der Waals surface area contributed by atoms with Crippen LogP contribution in [-0.2, 0) is 10.0 Å². The lowest BCUT2D eigenvalue weighted by atomic mass is 10.2. The number of nitrogens with zero attached hydrogens (tertiary/aromatic N) is 1. The van der Waals surface area contributed by atoms with Crippen molar-refractivity contribution < 1.29 is 8.42 Å². The zero-order chi connectivity index (χ0) is 13.4. The highest BCUT2D eigenvalue weighted by atomic mass is 35.5. The summed E-state index contributed by atoms with van der Waals surface area (Å²) in [5, 5.41) is 0. The fraction of sp³-hybridized carbons (Fsp3) is 1.00. The molecule has 6 heteroatoms. The van der Waals surface area contributed by atoms with E-state index in [1.807, 2.05) is 0 Å². The number of likely N-dealkylation sites (N-methyl/N-ethyl adjacent to an activating group) is 1. The zero-order valence-corrected chi connectivity index (χ0v) is 12.8. The number of hydrogen-bond acceptors (Lipinski definition) is 3. The Morgan fingerprint density at radius 2 is 1.94 bits per heavy atom. The van der Waals surface area contributed by atoms with Gasteiger partial charge in [0, 0.05) is 25.0 Å². The molecule has 0 saturated heterocycles. The van der Waals surface area contributed by atoms with Gasteiger partial charge in [0.05, 0.1) is 5.75 Å². The zero-order valence-electron chi connectivity index (χ0n) is 11.2. The fourth-order valence-electron chi connectivity index (χ4n) is 2.36. The van der Waals surface area contributed by atoms with Gasteiger partial charge in [0.2, 0.25) is 10.0 Å². The molecule has 0 aromatic rings. The van der Waals surface area contributed by atoms with Gasteiger partial charge in [-0.1, -0.05) is 12.8 Å². The van der Waals surface area contributed by atoms with Crippen LogP contribution in [-0.4, -0.2) is 51.1 Å². The number of nitrogens with one attached hydrogen (secondary N) is 1. The minimum atomic E-state index is -3.11. The van der Waals surface area contributed by atoms with Crippen molar-refractivity contribution in [3.8, 4) is 0 Å². The van der Waals surface area contributed by atoms with E-state index in [1.54, 1.807) is 0 Å². The molecule has 4 nitrogen and oxygen atoms in total. The Morgan fingerprint density at radius 1 is 1.28 bits per heavy atom. The predicted molar refractivity (Wildman–Crippen MR) is 76.6 cm³/mol. The Balaban J connectivity index is 2.15. The van der Waals surface area contributed by atoms with E-state index in [0.717, 1.165) is 13.0 Å². The van der Waals surface area contributed by atoms with Crippen LogP contribution in [0.5, 0.6) is 0 Å². The Morgan fingerprint density at radius 3 is 2.56 bits per heavy atom. The molecule has 0 spiro atoms. The first-order chi connectivity index (χ1) is 8.55. The molecule has 0 amide bonds. The number of unbranched alkanes of at least 4 members (excludes halogenated alkanes) is 1. The van der Waals surface area contributed by atoms with E-state index in [0.29, 0.717) is 24.9 Å². The third-order valence-corrected chi connectivity index (χ3v) is 5.27. The maximum absolute atomic E-state index is 11.6. The lowest BCUT2D eigenvalue weighted by molar-refractivity contribution is 0.250. The smallest absolute Gasteiger partial charge is 0.211 e. The highest BCUT2D eigenvalue weighted by Crippen LogP contribution is 2.21. The molecule has 1 fully saturated rings. The van der Waals surface area contributed by atoms with Crippen molar-refractivity contribution in [2.45, 2.75) is 44.6 Å². The summed E-state index contributed by atoms with van der Waals surface area (Å²) in [6, 6.07) is 0.644. The van der Waals surface area contributed by atoms with E-state index in [2.05, 4.69) is 16.7 Å². The van der Waals surface area contributed by atoms with Gasteiger partial charge < -0.3 is 4.90 Å². The quantitative estimate of drug-likeness (QED) is 0.521. The number of hydrogen-bond donors (Lipinski definition) is 1. The summed E-state index contributed by atoms with van der Waals surface area (Å²) in [6.45, 7) is 1.30. The van der Waals surface area contributed by atoms with Gasteiger partial charge in [-0.2, -0.15) is 0 Å². The monoisotopic (exact) mass is 296 g/mol. The van der Waals surface area contributed by atoms with Crippen LogP contribution in [0.3, 0.4) is 0 Å². The van der Waals surface area contributed by atoms with Crippen LogP contribution >= 0.6 is 11.6 Å². The second kappa shape index (κ2) is 8.35. The van der Waals surface area contributed by atoms with Crippen LogP contribution < -0.4 is 4.72 Å². The van der Waals surface area contributed by atoms with E-state index < -0.39 is 10.0 Å². The average molecular weight is 297 g/mol. The lowest BCUT2D eigenvalue weighted by Gasteiger charge is -2.23. The standard InChI is InChI=1S/C12H25ClN2O2S/c1-15(12-6-2-3-7-12)10-9-14-18(16,17)11-5-4-8-13/h12,14H,2-11H2,1H3. The highest BCUT2D eigenvalue weighted by Gasteiger charge is 2.19. The predicted octanol–water partition coefficient (Wildman–Crippen LogP) is 1.80. The molecule has 1 aliphatic rings. The number of halogens is 1. The first kappa shape index (κ1) is 16.2. The Labute approximate surface area is 116 Å². The van der Waals surface area contributed by atoms with Crippen LogP contribution in [0, 0.1) is 0 Å². The molecule has 0 radical (unpaired) electrons. The molecular formula is C12H25ClN2O2S. The lowest BCUT2D eigenvalue weighted by Crippen LogP contribution is -2.38. The van der Waals surface area contributed by atoms with Crippen molar-refractivity contribution >= 4 is 21.6 Å². The minimum Gasteiger partial charge on any atom is -0.302 e. The topological polar surface area (TPSA) is 49.4 Å². The molecule has 1 aliphatic carbocycles. The number of alkyl halides is 1. The molecular weight excluding hydrogens is 272 g/mol. The molecule has 0 bridgehead atoms. The van der Waals surface area contributed by atoms with E-state index in [4.69, 9.17) is 11.6 Å². The van der Waals surface area contributed by atoms with Crippen LogP contribution in [0.1, 0.15) is 38.5 Å². The summed E-state index contributed by atoms with van der Waals surface area (Å²) < 4.78 is 25.9. The molecule has 0 atom stereocenters. The van der Waals surface area contributed by atoms with Gasteiger partial charge in [-0.05, 0) is 32.7 Å². The minimum absolute atomic E-state index is 0.187. The van der Waals surface area contributed by atoms with E-state index >= 15 is 0 Å². The van der Waals surface area contributed by atoms with Crippen molar-refractivity contribution in [2.75, 3.05) is 31.8 Å². The summed E-state index contributed by atoms with van der Waals surface area (Å²) in [6.07, 6.45) is 6.50. The van der Waals surface area contributed by atoms with Crippen molar-refractivity contribution in [3.63, 3.8) is 0 Å². The Kier molecular flexibility index (Phi) is 7.53. The second-order valence-electron chi connectivity index (χ2n) is 5.03. The average Bonchev–Trinajstić information content (AvgIpc) is 2.82. The molecule has 1 rings (SSSR count). The highest BCUT2D eigenvalue weighted by molar-refractivity contribution is 7.89. The van der Waals surface area contributed by atoms with Gasteiger partial charge in [-0.3, -0.25) is 0 Å². The first-order valence-corrected chi connectivity index (χ1v) is 8.97. The van der Waals surface area contributed by atoms with Crippen LogP contribution in [0.2, 0.25) is 0 Å². The van der Waals surface area contributed by atoms with Gasteiger partial charge in [-0.15, -0.1) is 11.6 Å². The largest absolute Gasteiger partial charge is 0.302 e. The van der Waals surface area contributed by atoms with E-state index in [1.165, 1.54) is 25.7 Å². The summed E-state index contributed by atoms with van der Waals surface area (Å²) in [7, 11) is -1.03. The fourth-order valence-corrected chi connectivity index (χ4v) is 3.68. The Hall–Kier alpha value is 0.160. The maximum Gasteiger partial charge on any atom is 0.211 e. The van der Waals surface area contributed by atoms with Crippen LogP contribution in [0.25, 0.3) is 0 Å². The summed E-state index contributed by atoms with van der Waals surface area (Å²) in [4.78, 5) is 2.27. The third kappa shape index (κ3) is 6.36. The van der Waals surface area contributed by atoms with Gasteiger partial charge >= 0.3 is 0 Å². The molecule has 0 unspecified atom stereocenters. The number of rotatable bonds is 9. The van der Waals surface area contributed by atoms with E-state index in [9.17, 15) is 8.42 Å². The Bertz CT molecular complexity index is 316. The molecule has 0 heterocycles. The van der Waals surface area contributed by atoms with Crippen molar-refractivity contribution in [2.24, 2.45) is 0 Å². The molecule has 0 aromatic carbocycles. The summed E-state index contributed by atoms with van der Waals surface area (Å²) >= 11 is 5.53. The molecule has 1 saturated carbocycles. The normalized spacial score (nSPS) is 17.7. The second-order valence-corrected chi connectivity index (χ2v) is 7.33. The maximum atomic E-state index is 11.6. The van der Waals surface area contributed by atoms with Gasteiger partial charge in [-0.25, -0.2) is 13.1 Å². The van der Waals surface area contributed by atoms with Gasteiger partial charge in [0.15, 0.2) is 0 Å². The summed E-state index contributed by atoms with van der Waals surface area (Å²) in [5.74, 6) is 0.715. The summed E-state index contributed by atoms with van der Waals surface area (Å²) in [5.41, 5.74) is 0. The molecule has 0 aliphatic heterocycles. The van der Waals surface area contributed by atoms with Crippen molar-refractivity contribution in [1.29, 1.82) is 0 Å². The van der Waals surface area contributed by atoms with Gasteiger partial charge in [0.25, 0.3) is 0 Å². The van der Waals surface area contributed by atoms with Crippen LogP contribution in [0.15, 0.2) is 0 Å². The molecule has 0 aromatic heterocycles.